The van der Waals surface area contributed by atoms with Crippen LogP contribution in [-0.4, -0.2) is 39.6 Å². The maximum Gasteiger partial charge on any atom is 0.255 e. The molecule has 1 aromatic heterocycles. The first-order valence-electron chi connectivity index (χ1n) is 9.71. The van der Waals surface area contributed by atoms with Crippen molar-refractivity contribution in [3.8, 4) is 17.1 Å². The number of ether oxygens (including phenoxy) is 1. The van der Waals surface area contributed by atoms with E-state index in [0.717, 1.165) is 6.26 Å². The Hall–Kier alpha value is -2.91. The van der Waals surface area contributed by atoms with Crippen molar-refractivity contribution in [2.75, 3.05) is 19.2 Å². The lowest BCUT2D eigenvalue weighted by Crippen LogP contribution is -2.22. The number of amides is 1. The van der Waals surface area contributed by atoms with Gasteiger partial charge in [-0.2, -0.15) is 0 Å². The summed E-state index contributed by atoms with van der Waals surface area (Å²) in [7, 11) is -1.67. The molecule has 31 heavy (non-hydrogen) atoms. The van der Waals surface area contributed by atoms with Crippen LogP contribution >= 0.6 is 0 Å². The SMILES string of the molecule is CNC(=O)c1c(-c2ccc(F)cc2)oc2cc(CNCS(C)(=O)=O)c(OC(C)C)cc12. The van der Waals surface area contributed by atoms with E-state index in [4.69, 9.17) is 9.15 Å². The summed E-state index contributed by atoms with van der Waals surface area (Å²) in [5.74, 6) is -0.106. The molecular weight excluding hydrogens is 423 g/mol. The fourth-order valence-electron chi connectivity index (χ4n) is 3.19. The van der Waals surface area contributed by atoms with Crippen LogP contribution in [0.25, 0.3) is 22.3 Å². The zero-order valence-corrected chi connectivity index (χ0v) is 18.6. The van der Waals surface area contributed by atoms with Gasteiger partial charge in [0.05, 0.1) is 17.5 Å². The second-order valence-corrected chi connectivity index (χ2v) is 9.65. The van der Waals surface area contributed by atoms with Crippen LogP contribution in [0.3, 0.4) is 0 Å². The van der Waals surface area contributed by atoms with Gasteiger partial charge in [0.2, 0.25) is 0 Å². The van der Waals surface area contributed by atoms with E-state index in [1.165, 1.54) is 19.2 Å². The van der Waals surface area contributed by atoms with Gasteiger partial charge in [0.1, 0.15) is 22.9 Å². The summed E-state index contributed by atoms with van der Waals surface area (Å²) < 4.78 is 48.2. The Morgan fingerprint density at radius 3 is 2.45 bits per heavy atom. The molecule has 0 saturated carbocycles. The first-order chi connectivity index (χ1) is 14.6. The number of carbonyl (C=O) groups is 1. The summed E-state index contributed by atoms with van der Waals surface area (Å²) in [6.45, 7) is 3.97. The highest BCUT2D eigenvalue weighted by atomic mass is 32.2. The second-order valence-electron chi connectivity index (χ2n) is 7.51. The van der Waals surface area contributed by atoms with Gasteiger partial charge in [-0.1, -0.05) is 0 Å². The third-order valence-corrected chi connectivity index (χ3v) is 5.20. The third-order valence-electron chi connectivity index (χ3n) is 4.47. The van der Waals surface area contributed by atoms with Crippen molar-refractivity contribution in [2.24, 2.45) is 0 Å². The van der Waals surface area contributed by atoms with E-state index >= 15 is 0 Å². The molecule has 0 aliphatic heterocycles. The molecule has 0 saturated heterocycles. The van der Waals surface area contributed by atoms with Gasteiger partial charge >= 0.3 is 0 Å². The molecule has 3 aromatic rings. The molecule has 9 heteroatoms. The van der Waals surface area contributed by atoms with E-state index in [2.05, 4.69) is 10.6 Å². The fourth-order valence-corrected chi connectivity index (χ4v) is 3.67. The molecule has 0 fully saturated rings. The molecule has 2 aromatic carbocycles. The van der Waals surface area contributed by atoms with Gasteiger partial charge in [0.15, 0.2) is 9.84 Å². The fraction of sp³-hybridized carbons (Fsp3) is 0.318. The average molecular weight is 449 g/mol. The maximum absolute atomic E-state index is 13.4. The highest BCUT2D eigenvalue weighted by Crippen LogP contribution is 2.37. The lowest BCUT2D eigenvalue weighted by atomic mass is 10.0. The molecule has 0 aliphatic rings. The monoisotopic (exact) mass is 448 g/mol. The standard InChI is InChI=1S/C22H25FN2O5S/c1-13(2)29-18-10-17-19(9-15(18)11-25-12-31(4,27)28)30-21(20(17)22(26)24-3)14-5-7-16(23)8-6-14/h5-10,13,25H,11-12H2,1-4H3,(H,24,26). The van der Waals surface area contributed by atoms with E-state index < -0.39 is 15.7 Å². The summed E-state index contributed by atoms with van der Waals surface area (Å²) in [5.41, 5.74) is 1.99. The highest BCUT2D eigenvalue weighted by molar-refractivity contribution is 7.90. The molecule has 2 N–H and O–H groups in total. The number of hydrogen-bond acceptors (Lipinski definition) is 6. The van der Waals surface area contributed by atoms with Crippen molar-refractivity contribution in [3.63, 3.8) is 0 Å². The average Bonchev–Trinajstić information content (AvgIpc) is 3.05. The van der Waals surface area contributed by atoms with Crippen molar-refractivity contribution in [2.45, 2.75) is 26.5 Å². The molecular formula is C22H25FN2O5S. The third kappa shape index (κ3) is 5.42. The van der Waals surface area contributed by atoms with Gasteiger partial charge in [-0.25, -0.2) is 12.8 Å². The number of sulfone groups is 1. The Kier molecular flexibility index (Phi) is 6.66. The molecule has 3 rings (SSSR count). The molecule has 0 unspecified atom stereocenters. The molecule has 0 bridgehead atoms. The molecule has 0 radical (unpaired) electrons. The van der Waals surface area contributed by atoms with E-state index in [9.17, 15) is 17.6 Å². The van der Waals surface area contributed by atoms with Crippen LogP contribution in [0.1, 0.15) is 29.8 Å². The Bertz CT molecular complexity index is 1200. The molecule has 166 valence electrons. The van der Waals surface area contributed by atoms with Crippen molar-refractivity contribution in [3.05, 3.63) is 53.3 Å². The molecule has 0 atom stereocenters. The van der Waals surface area contributed by atoms with Crippen LogP contribution in [0.15, 0.2) is 40.8 Å². The van der Waals surface area contributed by atoms with Gasteiger partial charge in [-0.05, 0) is 50.2 Å². The van der Waals surface area contributed by atoms with Gasteiger partial charge in [0.25, 0.3) is 5.91 Å². The minimum atomic E-state index is -3.19. The van der Waals surface area contributed by atoms with Crippen molar-refractivity contribution >= 4 is 26.7 Å². The first-order valence-corrected chi connectivity index (χ1v) is 11.8. The number of carbonyl (C=O) groups excluding carboxylic acids is 1. The number of benzene rings is 2. The number of furan rings is 1. The van der Waals surface area contributed by atoms with Crippen LogP contribution in [0.2, 0.25) is 0 Å². The summed E-state index contributed by atoms with van der Waals surface area (Å²) in [6.07, 6.45) is 1.00. The van der Waals surface area contributed by atoms with Crippen LogP contribution < -0.4 is 15.4 Å². The number of fused-ring (bicyclic) bond motifs is 1. The minimum Gasteiger partial charge on any atom is -0.491 e. The Labute approximate surface area is 180 Å². The smallest absolute Gasteiger partial charge is 0.255 e. The number of hydrogen-bond donors (Lipinski definition) is 2. The number of nitrogens with one attached hydrogen (secondary N) is 2. The minimum absolute atomic E-state index is 0.141. The summed E-state index contributed by atoms with van der Waals surface area (Å²) in [6, 6.07) is 9.11. The van der Waals surface area contributed by atoms with E-state index in [-0.39, 0.29) is 24.4 Å². The maximum atomic E-state index is 13.4. The predicted molar refractivity (Wildman–Crippen MR) is 117 cm³/mol. The summed E-state index contributed by atoms with van der Waals surface area (Å²) >= 11 is 0. The number of halogens is 1. The van der Waals surface area contributed by atoms with Crippen molar-refractivity contribution in [1.29, 1.82) is 0 Å². The number of rotatable bonds is 8. The highest BCUT2D eigenvalue weighted by Gasteiger charge is 2.23. The van der Waals surface area contributed by atoms with Crippen LogP contribution in [0.5, 0.6) is 5.75 Å². The van der Waals surface area contributed by atoms with E-state index in [1.54, 1.807) is 24.3 Å². The van der Waals surface area contributed by atoms with Crippen LogP contribution in [-0.2, 0) is 16.4 Å². The summed E-state index contributed by atoms with van der Waals surface area (Å²) in [5, 5.41) is 6.04. The van der Waals surface area contributed by atoms with Gasteiger partial charge < -0.3 is 14.5 Å². The topological polar surface area (TPSA) is 97.6 Å². The zero-order chi connectivity index (χ0) is 22.8. The molecule has 1 heterocycles. The van der Waals surface area contributed by atoms with Crippen molar-refractivity contribution in [1.82, 2.24) is 10.6 Å². The van der Waals surface area contributed by atoms with Gasteiger partial charge in [-0.15, -0.1) is 0 Å². The lowest BCUT2D eigenvalue weighted by Gasteiger charge is -2.15. The second kappa shape index (κ2) is 9.07. The Morgan fingerprint density at radius 1 is 1.19 bits per heavy atom. The quantitative estimate of drug-likeness (QED) is 0.548. The first kappa shape index (κ1) is 22.8. The predicted octanol–water partition coefficient (Wildman–Crippen LogP) is 3.48. The van der Waals surface area contributed by atoms with E-state index in [0.29, 0.717) is 39.2 Å². The van der Waals surface area contributed by atoms with E-state index in [1.807, 2.05) is 13.8 Å². The largest absolute Gasteiger partial charge is 0.491 e. The molecule has 7 nitrogen and oxygen atoms in total. The van der Waals surface area contributed by atoms with Crippen molar-refractivity contribution < 1.29 is 26.8 Å². The molecule has 0 aliphatic carbocycles. The molecule has 0 spiro atoms. The summed E-state index contributed by atoms with van der Waals surface area (Å²) in [4.78, 5) is 12.7. The zero-order valence-electron chi connectivity index (χ0n) is 17.8. The normalized spacial score (nSPS) is 11.8. The van der Waals surface area contributed by atoms with Crippen LogP contribution in [0, 0.1) is 5.82 Å². The lowest BCUT2D eigenvalue weighted by molar-refractivity contribution is 0.0964. The van der Waals surface area contributed by atoms with Gasteiger partial charge in [0, 0.05) is 36.4 Å². The Balaban J connectivity index is 2.16. The Morgan fingerprint density at radius 2 is 1.87 bits per heavy atom. The van der Waals surface area contributed by atoms with Gasteiger partial charge in [-0.3, -0.25) is 10.1 Å². The molecule has 1 amide bonds. The van der Waals surface area contributed by atoms with Crippen LogP contribution in [0.4, 0.5) is 4.39 Å².